The number of anilines is 1. The molecule has 0 bridgehead atoms. The Hall–Kier alpha value is -2.49. The van der Waals surface area contributed by atoms with E-state index in [0.717, 1.165) is 48.4 Å². The van der Waals surface area contributed by atoms with Gasteiger partial charge < -0.3 is 15.0 Å². The third-order valence-electron chi connectivity index (χ3n) is 4.91. The Morgan fingerprint density at radius 3 is 2.74 bits per heavy atom. The van der Waals surface area contributed by atoms with Crippen LogP contribution in [0.5, 0.6) is 5.75 Å². The van der Waals surface area contributed by atoms with Crippen LogP contribution in [0, 0.1) is 5.92 Å². The fourth-order valence-corrected chi connectivity index (χ4v) is 3.30. The van der Waals surface area contributed by atoms with E-state index in [4.69, 9.17) is 4.74 Å². The second-order valence-corrected chi connectivity index (χ2v) is 7.55. The number of amides is 1. The minimum atomic E-state index is -0.174. The van der Waals surface area contributed by atoms with Gasteiger partial charge in [0.1, 0.15) is 11.9 Å². The highest BCUT2D eigenvalue weighted by Gasteiger charge is 2.32. The van der Waals surface area contributed by atoms with Gasteiger partial charge in [-0.25, -0.2) is 0 Å². The number of hydrogen-bond donors (Lipinski definition) is 1. The van der Waals surface area contributed by atoms with E-state index in [1.807, 2.05) is 41.3 Å². The van der Waals surface area contributed by atoms with Crippen molar-refractivity contribution in [3.8, 4) is 5.75 Å². The molecule has 0 fully saturated rings. The number of fused-ring (bicyclic) bond motifs is 1. The standard InChI is InChI=1S/C23H30N2O2/c1-4-5-14-25-22(24-21-12-7-6-11-20(21)23(25)26)18-9-8-10-19(16-18)27-15-13-17(2)3/h6-12,16-17,22,24H,4-5,13-15H2,1-3H3. The van der Waals surface area contributed by atoms with Crippen LogP contribution in [0.1, 0.15) is 62.1 Å². The van der Waals surface area contributed by atoms with Crippen LogP contribution in [-0.2, 0) is 0 Å². The largest absolute Gasteiger partial charge is 0.494 e. The topological polar surface area (TPSA) is 41.6 Å². The van der Waals surface area contributed by atoms with Crippen LogP contribution in [0.3, 0.4) is 0 Å². The van der Waals surface area contributed by atoms with Crippen molar-refractivity contribution in [2.45, 2.75) is 46.2 Å². The summed E-state index contributed by atoms with van der Waals surface area (Å²) < 4.78 is 5.93. The summed E-state index contributed by atoms with van der Waals surface area (Å²) >= 11 is 0. The number of para-hydroxylation sites is 1. The highest BCUT2D eigenvalue weighted by molar-refractivity contribution is 6.01. The molecule has 1 atom stereocenters. The molecule has 2 aromatic rings. The van der Waals surface area contributed by atoms with Crippen LogP contribution in [0.4, 0.5) is 5.69 Å². The lowest BCUT2D eigenvalue weighted by atomic mass is 10.0. The van der Waals surface area contributed by atoms with Gasteiger partial charge in [-0.3, -0.25) is 4.79 Å². The van der Waals surface area contributed by atoms with Gasteiger partial charge in [0, 0.05) is 12.2 Å². The molecule has 0 aliphatic carbocycles. The zero-order chi connectivity index (χ0) is 19.2. The number of ether oxygens (including phenoxy) is 1. The zero-order valence-corrected chi connectivity index (χ0v) is 16.6. The van der Waals surface area contributed by atoms with E-state index in [1.165, 1.54) is 0 Å². The van der Waals surface area contributed by atoms with Gasteiger partial charge in [0.25, 0.3) is 5.91 Å². The van der Waals surface area contributed by atoms with Crippen LogP contribution in [0.2, 0.25) is 0 Å². The summed E-state index contributed by atoms with van der Waals surface area (Å²) in [5.41, 5.74) is 2.69. The molecular weight excluding hydrogens is 336 g/mol. The molecule has 144 valence electrons. The molecule has 0 radical (unpaired) electrons. The minimum Gasteiger partial charge on any atom is -0.494 e. The van der Waals surface area contributed by atoms with Gasteiger partial charge in [-0.05, 0) is 48.6 Å². The number of carbonyl (C=O) groups excluding carboxylic acids is 1. The first kappa shape index (κ1) is 19.3. The molecule has 27 heavy (non-hydrogen) atoms. The normalized spacial score (nSPS) is 16.2. The van der Waals surface area contributed by atoms with Crippen LogP contribution >= 0.6 is 0 Å². The predicted molar refractivity (Wildman–Crippen MR) is 110 cm³/mol. The number of benzene rings is 2. The predicted octanol–water partition coefficient (Wildman–Crippen LogP) is 5.48. The van der Waals surface area contributed by atoms with Crippen LogP contribution in [0.15, 0.2) is 48.5 Å². The van der Waals surface area contributed by atoms with Crippen molar-refractivity contribution in [2.75, 3.05) is 18.5 Å². The van der Waals surface area contributed by atoms with Gasteiger partial charge >= 0.3 is 0 Å². The van der Waals surface area contributed by atoms with E-state index < -0.39 is 0 Å². The molecule has 1 aliphatic heterocycles. The molecule has 1 unspecified atom stereocenters. The van der Waals surface area contributed by atoms with Gasteiger partial charge in [0.2, 0.25) is 0 Å². The lowest BCUT2D eigenvalue weighted by Gasteiger charge is -2.38. The lowest BCUT2D eigenvalue weighted by molar-refractivity contribution is 0.0680. The third-order valence-corrected chi connectivity index (χ3v) is 4.91. The van der Waals surface area contributed by atoms with E-state index in [9.17, 15) is 4.79 Å². The number of nitrogens with one attached hydrogen (secondary N) is 1. The molecule has 0 spiro atoms. The highest BCUT2D eigenvalue weighted by Crippen LogP contribution is 2.34. The molecule has 1 heterocycles. The Balaban J connectivity index is 1.85. The monoisotopic (exact) mass is 366 g/mol. The van der Waals surface area contributed by atoms with Crippen LogP contribution in [-0.4, -0.2) is 24.0 Å². The van der Waals surface area contributed by atoms with E-state index >= 15 is 0 Å². The molecule has 1 N–H and O–H groups in total. The molecule has 4 nitrogen and oxygen atoms in total. The first-order chi connectivity index (χ1) is 13.1. The van der Waals surface area contributed by atoms with E-state index in [0.29, 0.717) is 12.5 Å². The van der Waals surface area contributed by atoms with Crippen LogP contribution in [0.25, 0.3) is 0 Å². The van der Waals surface area contributed by atoms with Crippen molar-refractivity contribution in [1.82, 2.24) is 4.90 Å². The molecule has 3 rings (SSSR count). The van der Waals surface area contributed by atoms with E-state index in [-0.39, 0.29) is 12.1 Å². The maximum absolute atomic E-state index is 13.1. The maximum atomic E-state index is 13.1. The number of hydrogen-bond acceptors (Lipinski definition) is 3. The number of rotatable bonds is 8. The average Bonchev–Trinajstić information content (AvgIpc) is 2.67. The van der Waals surface area contributed by atoms with Crippen molar-refractivity contribution in [3.05, 3.63) is 59.7 Å². The Labute approximate surface area is 162 Å². The smallest absolute Gasteiger partial charge is 0.257 e. The molecule has 1 aliphatic rings. The van der Waals surface area contributed by atoms with Crippen molar-refractivity contribution in [2.24, 2.45) is 5.92 Å². The average molecular weight is 367 g/mol. The Bertz CT molecular complexity index is 772. The first-order valence-electron chi connectivity index (χ1n) is 9.99. The molecule has 2 aromatic carbocycles. The summed E-state index contributed by atoms with van der Waals surface area (Å²) in [6.07, 6.45) is 2.89. The second-order valence-electron chi connectivity index (χ2n) is 7.55. The van der Waals surface area contributed by atoms with E-state index in [2.05, 4.69) is 38.2 Å². The van der Waals surface area contributed by atoms with Gasteiger partial charge in [-0.2, -0.15) is 0 Å². The van der Waals surface area contributed by atoms with Gasteiger partial charge in [-0.15, -0.1) is 0 Å². The molecule has 0 saturated carbocycles. The lowest BCUT2D eigenvalue weighted by Crippen LogP contribution is -2.43. The fourth-order valence-electron chi connectivity index (χ4n) is 3.30. The van der Waals surface area contributed by atoms with Gasteiger partial charge in [0.15, 0.2) is 0 Å². The Kier molecular flexibility index (Phi) is 6.38. The highest BCUT2D eigenvalue weighted by atomic mass is 16.5. The Morgan fingerprint density at radius 1 is 1.15 bits per heavy atom. The Morgan fingerprint density at radius 2 is 1.96 bits per heavy atom. The third kappa shape index (κ3) is 4.62. The molecule has 1 amide bonds. The van der Waals surface area contributed by atoms with Crippen molar-refractivity contribution in [1.29, 1.82) is 0 Å². The quantitative estimate of drug-likeness (QED) is 0.673. The van der Waals surface area contributed by atoms with Gasteiger partial charge in [0.05, 0.1) is 12.2 Å². The number of nitrogens with zero attached hydrogens (tertiary/aromatic N) is 1. The number of carbonyl (C=O) groups is 1. The summed E-state index contributed by atoms with van der Waals surface area (Å²) in [7, 11) is 0. The van der Waals surface area contributed by atoms with Gasteiger partial charge in [-0.1, -0.05) is 51.5 Å². The summed E-state index contributed by atoms with van der Waals surface area (Å²) in [5, 5.41) is 3.55. The zero-order valence-electron chi connectivity index (χ0n) is 16.6. The second kappa shape index (κ2) is 8.94. The summed E-state index contributed by atoms with van der Waals surface area (Å²) in [6, 6.07) is 15.9. The van der Waals surface area contributed by atoms with Crippen molar-refractivity contribution < 1.29 is 9.53 Å². The van der Waals surface area contributed by atoms with Crippen molar-refractivity contribution in [3.63, 3.8) is 0 Å². The van der Waals surface area contributed by atoms with Crippen molar-refractivity contribution >= 4 is 11.6 Å². The summed E-state index contributed by atoms with van der Waals surface area (Å²) in [4.78, 5) is 15.0. The summed E-state index contributed by atoms with van der Waals surface area (Å²) in [5.74, 6) is 1.57. The SMILES string of the molecule is CCCCN1C(=O)c2ccccc2NC1c1cccc(OCCC(C)C)c1. The molecule has 4 heteroatoms. The summed E-state index contributed by atoms with van der Waals surface area (Å²) in [6.45, 7) is 7.98. The molecule has 0 aromatic heterocycles. The van der Waals surface area contributed by atoms with Crippen LogP contribution < -0.4 is 10.1 Å². The maximum Gasteiger partial charge on any atom is 0.257 e. The molecular formula is C23H30N2O2. The minimum absolute atomic E-state index is 0.0916. The molecule has 0 saturated heterocycles. The number of unbranched alkanes of at least 4 members (excludes halogenated alkanes) is 1. The van der Waals surface area contributed by atoms with E-state index in [1.54, 1.807) is 0 Å². The first-order valence-corrected chi connectivity index (χ1v) is 9.99. The fraction of sp³-hybridized carbons (Fsp3) is 0.435.